The standard InChI is InChI=1S/C23H17Cl2N3O2/c24-17-9-8-15(13-18(17)25)26-23-22-19(28(27-23)16-5-2-1-3-6-16)11-14(12-20(22)29)21-7-4-10-30-21/h1-10,13-14H,11-12H2,(H,26,27)/t14-/m1/s1. The van der Waals surface area contributed by atoms with Gasteiger partial charge in [-0.1, -0.05) is 41.4 Å². The number of nitrogens with zero attached hydrogens (tertiary/aromatic N) is 2. The van der Waals surface area contributed by atoms with Crippen molar-refractivity contribution in [3.8, 4) is 5.69 Å². The van der Waals surface area contributed by atoms with Crippen molar-refractivity contribution in [3.63, 3.8) is 0 Å². The van der Waals surface area contributed by atoms with E-state index < -0.39 is 0 Å². The summed E-state index contributed by atoms with van der Waals surface area (Å²) < 4.78 is 7.42. The molecule has 0 amide bonds. The molecule has 0 saturated heterocycles. The van der Waals surface area contributed by atoms with Crippen LogP contribution in [0.3, 0.4) is 0 Å². The normalized spacial score (nSPS) is 15.8. The highest BCUT2D eigenvalue weighted by Gasteiger charge is 2.34. The minimum atomic E-state index is -0.0167. The Morgan fingerprint density at radius 2 is 1.83 bits per heavy atom. The van der Waals surface area contributed by atoms with Crippen molar-refractivity contribution in [2.45, 2.75) is 18.8 Å². The fourth-order valence-electron chi connectivity index (χ4n) is 3.87. The smallest absolute Gasteiger partial charge is 0.169 e. The summed E-state index contributed by atoms with van der Waals surface area (Å²) in [6.07, 6.45) is 2.66. The molecule has 5 rings (SSSR count). The van der Waals surface area contributed by atoms with Crippen LogP contribution in [-0.4, -0.2) is 15.6 Å². The number of halogens is 2. The molecule has 150 valence electrons. The van der Waals surface area contributed by atoms with E-state index >= 15 is 0 Å². The van der Waals surface area contributed by atoms with Crippen molar-refractivity contribution >= 4 is 40.5 Å². The van der Waals surface area contributed by atoms with E-state index in [1.807, 2.05) is 47.1 Å². The molecule has 1 aliphatic rings. The van der Waals surface area contributed by atoms with Gasteiger partial charge in [0, 0.05) is 24.4 Å². The summed E-state index contributed by atoms with van der Waals surface area (Å²) in [6, 6.07) is 18.8. The third kappa shape index (κ3) is 3.40. The van der Waals surface area contributed by atoms with E-state index in [0.717, 1.165) is 17.1 Å². The number of carbonyl (C=O) groups excluding carboxylic acids is 1. The minimum Gasteiger partial charge on any atom is -0.469 e. The Kier molecular flexibility index (Phi) is 4.85. The molecule has 0 radical (unpaired) electrons. The van der Waals surface area contributed by atoms with Gasteiger partial charge in [-0.2, -0.15) is 0 Å². The van der Waals surface area contributed by atoms with E-state index in [0.29, 0.717) is 40.0 Å². The lowest BCUT2D eigenvalue weighted by molar-refractivity contribution is 0.0960. The fraction of sp³-hybridized carbons (Fsp3) is 0.130. The largest absolute Gasteiger partial charge is 0.469 e. The first-order chi connectivity index (χ1) is 14.6. The number of fused-ring (bicyclic) bond motifs is 1. The third-order valence-electron chi connectivity index (χ3n) is 5.26. The molecule has 4 aromatic rings. The number of para-hydroxylation sites is 1. The van der Waals surface area contributed by atoms with Crippen molar-refractivity contribution in [3.05, 3.63) is 94.0 Å². The molecular formula is C23H17Cl2N3O2. The molecule has 0 bridgehead atoms. The molecule has 7 heteroatoms. The number of Topliss-reactive ketones (excluding diaryl/α,β-unsaturated/α-hetero) is 1. The molecule has 5 nitrogen and oxygen atoms in total. The predicted octanol–water partition coefficient (Wildman–Crippen LogP) is 6.43. The molecular weight excluding hydrogens is 421 g/mol. The lowest BCUT2D eigenvalue weighted by Gasteiger charge is -2.21. The molecule has 2 aromatic carbocycles. The van der Waals surface area contributed by atoms with E-state index in [2.05, 4.69) is 5.32 Å². The highest BCUT2D eigenvalue weighted by Crippen LogP contribution is 2.38. The molecule has 30 heavy (non-hydrogen) atoms. The number of anilines is 2. The van der Waals surface area contributed by atoms with E-state index in [-0.39, 0.29) is 11.7 Å². The molecule has 1 atom stereocenters. The van der Waals surface area contributed by atoms with Crippen molar-refractivity contribution < 1.29 is 9.21 Å². The average molecular weight is 438 g/mol. The fourth-order valence-corrected chi connectivity index (χ4v) is 4.17. The van der Waals surface area contributed by atoms with Crippen molar-refractivity contribution in [2.75, 3.05) is 5.32 Å². The van der Waals surface area contributed by atoms with Crippen LogP contribution in [0, 0.1) is 0 Å². The van der Waals surface area contributed by atoms with Crippen molar-refractivity contribution in [2.24, 2.45) is 0 Å². The highest BCUT2D eigenvalue weighted by molar-refractivity contribution is 6.42. The quantitative estimate of drug-likeness (QED) is 0.399. The number of carbonyl (C=O) groups is 1. The van der Waals surface area contributed by atoms with Gasteiger partial charge in [-0.05, 0) is 42.5 Å². The summed E-state index contributed by atoms with van der Waals surface area (Å²) in [5.41, 5.74) is 3.07. The Morgan fingerprint density at radius 1 is 1.00 bits per heavy atom. The van der Waals surface area contributed by atoms with Gasteiger partial charge >= 0.3 is 0 Å². The molecule has 0 fully saturated rings. The number of rotatable bonds is 4. The number of benzene rings is 2. The van der Waals surface area contributed by atoms with Crippen LogP contribution in [0.25, 0.3) is 5.69 Å². The SMILES string of the molecule is O=C1C[C@H](c2ccco2)Cc2c1c(Nc1ccc(Cl)c(Cl)c1)nn2-c1ccccc1. The summed E-state index contributed by atoms with van der Waals surface area (Å²) in [5, 5.41) is 8.91. The van der Waals surface area contributed by atoms with E-state index in [4.69, 9.17) is 32.7 Å². The molecule has 2 aromatic heterocycles. The monoisotopic (exact) mass is 437 g/mol. The van der Waals surface area contributed by atoms with E-state index in [1.54, 1.807) is 24.5 Å². The number of aromatic nitrogens is 2. The first kappa shape index (κ1) is 19.0. The molecule has 0 spiro atoms. The van der Waals surface area contributed by atoms with Gasteiger partial charge < -0.3 is 9.73 Å². The second-order valence-corrected chi connectivity index (χ2v) is 8.03. The van der Waals surface area contributed by atoms with E-state index in [9.17, 15) is 4.79 Å². The number of ketones is 1. The van der Waals surface area contributed by atoms with Crippen LogP contribution < -0.4 is 5.32 Å². The minimum absolute atomic E-state index is 0.0167. The van der Waals surface area contributed by atoms with E-state index in [1.165, 1.54) is 0 Å². The second-order valence-electron chi connectivity index (χ2n) is 7.22. The molecule has 1 aliphatic carbocycles. The maximum absolute atomic E-state index is 13.2. The summed E-state index contributed by atoms with van der Waals surface area (Å²) in [5.74, 6) is 1.34. The summed E-state index contributed by atoms with van der Waals surface area (Å²) >= 11 is 12.2. The van der Waals surface area contributed by atoms with Crippen LogP contribution in [0.15, 0.2) is 71.3 Å². The van der Waals surface area contributed by atoms with Gasteiger partial charge in [0.15, 0.2) is 11.6 Å². The molecule has 1 N–H and O–H groups in total. The number of hydrogen-bond acceptors (Lipinski definition) is 4. The van der Waals surface area contributed by atoms with Crippen molar-refractivity contribution in [1.82, 2.24) is 9.78 Å². The first-order valence-electron chi connectivity index (χ1n) is 9.56. The van der Waals surface area contributed by atoms with Crippen LogP contribution in [0.2, 0.25) is 10.0 Å². The Morgan fingerprint density at radius 3 is 2.57 bits per heavy atom. The van der Waals surface area contributed by atoms with Gasteiger partial charge in [-0.15, -0.1) is 5.10 Å². The number of hydrogen-bond donors (Lipinski definition) is 1. The predicted molar refractivity (Wildman–Crippen MR) is 117 cm³/mol. The topological polar surface area (TPSA) is 60.1 Å². The average Bonchev–Trinajstić information content (AvgIpc) is 3.40. The summed E-state index contributed by atoms with van der Waals surface area (Å²) in [4.78, 5) is 13.2. The Hall–Kier alpha value is -3.02. The molecule has 0 unspecified atom stereocenters. The molecule has 0 saturated carbocycles. The summed E-state index contributed by atoms with van der Waals surface area (Å²) in [7, 11) is 0. The maximum atomic E-state index is 13.2. The first-order valence-corrected chi connectivity index (χ1v) is 10.3. The van der Waals surface area contributed by atoms with Gasteiger partial charge in [0.1, 0.15) is 5.76 Å². The Balaban J connectivity index is 1.61. The molecule has 2 heterocycles. The van der Waals surface area contributed by atoms with Crippen LogP contribution >= 0.6 is 23.2 Å². The highest BCUT2D eigenvalue weighted by atomic mass is 35.5. The Bertz CT molecular complexity index is 1220. The zero-order valence-corrected chi connectivity index (χ0v) is 17.3. The lowest BCUT2D eigenvalue weighted by Crippen LogP contribution is -2.20. The molecule has 0 aliphatic heterocycles. The Labute approximate surface area is 183 Å². The van der Waals surface area contributed by atoms with Gasteiger partial charge in [0.05, 0.1) is 33.3 Å². The lowest BCUT2D eigenvalue weighted by atomic mass is 9.85. The van der Waals surface area contributed by atoms with Gasteiger partial charge in [-0.25, -0.2) is 4.68 Å². The second kappa shape index (κ2) is 7.67. The van der Waals surface area contributed by atoms with Crippen LogP contribution in [0.1, 0.15) is 34.2 Å². The van der Waals surface area contributed by atoms with Crippen LogP contribution in [0.4, 0.5) is 11.5 Å². The van der Waals surface area contributed by atoms with Crippen molar-refractivity contribution in [1.29, 1.82) is 0 Å². The van der Waals surface area contributed by atoms with Crippen LogP contribution in [0.5, 0.6) is 0 Å². The van der Waals surface area contributed by atoms with Crippen LogP contribution in [-0.2, 0) is 6.42 Å². The van der Waals surface area contributed by atoms with Gasteiger partial charge in [0.2, 0.25) is 0 Å². The van der Waals surface area contributed by atoms with Gasteiger partial charge in [-0.3, -0.25) is 4.79 Å². The zero-order valence-electron chi connectivity index (χ0n) is 15.8. The zero-order chi connectivity index (χ0) is 20.7. The number of furan rings is 1. The van der Waals surface area contributed by atoms with Gasteiger partial charge in [0.25, 0.3) is 0 Å². The third-order valence-corrected chi connectivity index (χ3v) is 6.00. The maximum Gasteiger partial charge on any atom is 0.169 e. The number of nitrogens with one attached hydrogen (secondary N) is 1. The summed E-state index contributed by atoms with van der Waals surface area (Å²) in [6.45, 7) is 0.